The summed E-state index contributed by atoms with van der Waals surface area (Å²) in [6, 6.07) is 5.97. The first kappa shape index (κ1) is 9.72. The molecule has 0 aliphatic heterocycles. The molecule has 0 heterocycles. The van der Waals surface area contributed by atoms with Crippen LogP contribution < -0.4 is 0 Å². The van der Waals surface area contributed by atoms with Gasteiger partial charge in [0.2, 0.25) is 0 Å². The molecule has 0 saturated carbocycles. The fraction of sp³-hybridized carbons (Fsp3) is 0.400. The molecule has 12 heavy (non-hydrogen) atoms. The maximum absolute atomic E-state index is 12.4. The van der Waals surface area contributed by atoms with Gasteiger partial charge in [0.15, 0.2) is 0 Å². The van der Waals surface area contributed by atoms with E-state index in [1.165, 1.54) is 0 Å². The molecule has 1 aromatic carbocycles. The minimum atomic E-state index is -0.294. The highest BCUT2D eigenvalue weighted by Gasteiger charge is 2.07. The van der Waals surface area contributed by atoms with Crippen molar-refractivity contribution < 1.29 is 4.39 Å². The predicted molar refractivity (Wildman–Crippen MR) is 53.3 cm³/mol. The molecule has 0 spiro atoms. The molecule has 0 radical (unpaired) electrons. The molecule has 0 N–H and O–H groups in total. The highest BCUT2D eigenvalue weighted by molar-refractivity contribution is 9.10. The molecule has 0 bridgehead atoms. The average molecular weight is 231 g/mol. The first-order valence-corrected chi connectivity index (χ1v) is 4.76. The Morgan fingerprint density at radius 3 is 2.75 bits per heavy atom. The number of rotatable bonds is 2. The van der Waals surface area contributed by atoms with Crippen molar-refractivity contribution in [3.8, 4) is 0 Å². The molecule has 1 aromatic rings. The van der Waals surface area contributed by atoms with Crippen molar-refractivity contribution in [1.29, 1.82) is 0 Å². The number of benzene rings is 1. The first-order chi connectivity index (χ1) is 5.65. The fourth-order valence-corrected chi connectivity index (χ4v) is 1.60. The highest BCUT2D eigenvalue weighted by atomic mass is 79.9. The second kappa shape index (κ2) is 4.04. The fourth-order valence-electron chi connectivity index (χ4n) is 1.23. The largest absolute Gasteiger partial charge is 0.250 e. The Balaban J connectivity index is 3.04. The van der Waals surface area contributed by atoms with Crippen molar-refractivity contribution in [2.24, 2.45) is 0 Å². The molecule has 0 nitrogen and oxygen atoms in total. The van der Waals surface area contributed by atoms with Crippen LogP contribution in [-0.2, 0) is 0 Å². The van der Waals surface area contributed by atoms with E-state index in [9.17, 15) is 4.39 Å². The molecule has 0 aromatic heterocycles. The summed E-state index contributed by atoms with van der Waals surface area (Å²) >= 11 is 3.37. The molecular weight excluding hydrogens is 219 g/mol. The molecule has 1 unspecified atom stereocenters. The van der Waals surface area contributed by atoms with Gasteiger partial charge < -0.3 is 0 Å². The lowest BCUT2D eigenvalue weighted by Gasteiger charge is -2.10. The van der Waals surface area contributed by atoms with Gasteiger partial charge in [-0.1, -0.05) is 28.9 Å². The average Bonchev–Trinajstić information content (AvgIpc) is 2.08. The maximum Gasteiger partial charge on any atom is 0.0960 e. The molecule has 0 aliphatic carbocycles. The number of halogens is 2. The van der Waals surface area contributed by atoms with Crippen LogP contribution in [0.25, 0.3) is 0 Å². The van der Waals surface area contributed by atoms with Crippen molar-refractivity contribution in [3.05, 3.63) is 33.8 Å². The molecule has 1 rings (SSSR count). The Hall–Kier alpha value is -0.370. The molecule has 0 amide bonds. The summed E-state index contributed by atoms with van der Waals surface area (Å²) in [5.41, 5.74) is 2.25. The Bertz CT molecular complexity index is 271. The summed E-state index contributed by atoms with van der Waals surface area (Å²) < 4.78 is 13.4. The molecule has 0 fully saturated rings. The van der Waals surface area contributed by atoms with E-state index in [1.807, 2.05) is 32.0 Å². The monoisotopic (exact) mass is 230 g/mol. The van der Waals surface area contributed by atoms with Gasteiger partial charge in [0.1, 0.15) is 0 Å². The third-order valence-corrected chi connectivity index (χ3v) is 2.50. The van der Waals surface area contributed by atoms with E-state index in [-0.39, 0.29) is 12.6 Å². The lowest BCUT2D eigenvalue weighted by molar-refractivity contribution is 0.446. The van der Waals surface area contributed by atoms with Gasteiger partial charge in [0.05, 0.1) is 6.67 Å². The minimum absolute atomic E-state index is 0.00231. The standard InChI is InChI=1S/C10H12BrF/c1-7-3-4-9(11)5-10(7)8(2)6-12/h3-5,8H,6H2,1-2H3. The smallest absolute Gasteiger partial charge is 0.0960 e. The topological polar surface area (TPSA) is 0 Å². The number of aryl methyl sites for hydroxylation is 1. The second-order valence-electron chi connectivity index (χ2n) is 3.06. The van der Waals surface area contributed by atoms with Crippen LogP contribution in [0.3, 0.4) is 0 Å². The summed E-state index contributed by atoms with van der Waals surface area (Å²) in [5.74, 6) is 0.00231. The van der Waals surface area contributed by atoms with Crippen molar-refractivity contribution >= 4 is 15.9 Å². The third kappa shape index (κ3) is 2.07. The minimum Gasteiger partial charge on any atom is -0.250 e. The Morgan fingerprint density at radius 2 is 2.17 bits per heavy atom. The summed E-state index contributed by atoms with van der Waals surface area (Å²) in [6.45, 7) is 3.61. The van der Waals surface area contributed by atoms with E-state index in [0.29, 0.717) is 0 Å². The van der Waals surface area contributed by atoms with Crippen LogP contribution in [0, 0.1) is 6.92 Å². The van der Waals surface area contributed by atoms with Crippen molar-refractivity contribution in [1.82, 2.24) is 0 Å². The molecule has 1 atom stereocenters. The van der Waals surface area contributed by atoms with Gasteiger partial charge in [-0.15, -0.1) is 0 Å². The van der Waals surface area contributed by atoms with Crippen LogP contribution in [0.2, 0.25) is 0 Å². The van der Waals surface area contributed by atoms with Crippen molar-refractivity contribution in [2.45, 2.75) is 19.8 Å². The van der Waals surface area contributed by atoms with E-state index in [2.05, 4.69) is 15.9 Å². The Labute approximate surface area is 80.9 Å². The lowest BCUT2D eigenvalue weighted by atomic mass is 9.98. The van der Waals surface area contributed by atoms with Gasteiger partial charge in [0, 0.05) is 10.4 Å². The van der Waals surface area contributed by atoms with Crippen LogP contribution in [0.5, 0.6) is 0 Å². The molecule has 66 valence electrons. The number of alkyl halides is 1. The summed E-state index contributed by atoms with van der Waals surface area (Å²) in [4.78, 5) is 0. The van der Waals surface area contributed by atoms with Gasteiger partial charge in [-0.3, -0.25) is 4.39 Å². The summed E-state index contributed by atoms with van der Waals surface area (Å²) in [5, 5.41) is 0. The Kier molecular flexibility index (Phi) is 3.27. The van der Waals surface area contributed by atoms with Gasteiger partial charge >= 0.3 is 0 Å². The van der Waals surface area contributed by atoms with E-state index in [4.69, 9.17) is 0 Å². The summed E-state index contributed by atoms with van der Waals surface area (Å²) in [6.07, 6.45) is 0. The lowest BCUT2D eigenvalue weighted by Crippen LogP contribution is -1.98. The van der Waals surface area contributed by atoms with Gasteiger partial charge in [-0.25, -0.2) is 0 Å². The summed E-state index contributed by atoms with van der Waals surface area (Å²) in [7, 11) is 0. The van der Waals surface area contributed by atoms with E-state index < -0.39 is 0 Å². The van der Waals surface area contributed by atoms with Crippen LogP contribution in [0.15, 0.2) is 22.7 Å². The maximum atomic E-state index is 12.4. The van der Waals surface area contributed by atoms with Crippen LogP contribution in [0.4, 0.5) is 4.39 Å². The zero-order valence-corrected chi connectivity index (χ0v) is 8.86. The van der Waals surface area contributed by atoms with Gasteiger partial charge in [0.25, 0.3) is 0 Å². The van der Waals surface area contributed by atoms with Crippen molar-refractivity contribution in [2.75, 3.05) is 6.67 Å². The first-order valence-electron chi connectivity index (χ1n) is 3.97. The quantitative estimate of drug-likeness (QED) is 0.725. The van der Waals surface area contributed by atoms with Crippen LogP contribution in [-0.4, -0.2) is 6.67 Å². The highest BCUT2D eigenvalue weighted by Crippen LogP contribution is 2.23. The molecule has 2 heteroatoms. The zero-order valence-electron chi connectivity index (χ0n) is 7.27. The van der Waals surface area contributed by atoms with E-state index in [0.717, 1.165) is 15.6 Å². The predicted octanol–water partition coefficient (Wildman–Crippen LogP) is 3.83. The Morgan fingerprint density at radius 1 is 1.50 bits per heavy atom. The SMILES string of the molecule is Cc1ccc(Br)cc1C(C)CF. The second-order valence-corrected chi connectivity index (χ2v) is 3.97. The van der Waals surface area contributed by atoms with Crippen LogP contribution >= 0.6 is 15.9 Å². The van der Waals surface area contributed by atoms with Crippen LogP contribution in [0.1, 0.15) is 24.0 Å². The molecule has 0 aliphatic rings. The van der Waals surface area contributed by atoms with E-state index >= 15 is 0 Å². The number of hydrogen-bond acceptors (Lipinski definition) is 0. The van der Waals surface area contributed by atoms with Crippen molar-refractivity contribution in [3.63, 3.8) is 0 Å². The normalized spacial score (nSPS) is 13.0. The molecular formula is C10H12BrF. The van der Waals surface area contributed by atoms with E-state index in [1.54, 1.807) is 0 Å². The van der Waals surface area contributed by atoms with Gasteiger partial charge in [-0.05, 0) is 30.2 Å². The third-order valence-electron chi connectivity index (χ3n) is 2.00. The van der Waals surface area contributed by atoms with Gasteiger partial charge in [-0.2, -0.15) is 0 Å². The zero-order chi connectivity index (χ0) is 9.14. The molecule has 0 saturated heterocycles. The number of hydrogen-bond donors (Lipinski definition) is 0.